The largest absolute Gasteiger partial charge is 0.554 e. The lowest BCUT2D eigenvalue weighted by Gasteiger charge is -2.41. The highest BCUT2D eigenvalue weighted by atomic mass is 32.1. The van der Waals surface area contributed by atoms with Crippen molar-refractivity contribution in [3.63, 3.8) is 0 Å². The number of carboxylic acid groups (broad SMARTS) is 1. The van der Waals surface area contributed by atoms with Gasteiger partial charge >= 0.3 is 11.9 Å². The molecule has 2 unspecified atom stereocenters. The molecule has 1 aromatic carbocycles. The second kappa shape index (κ2) is 16.6. The van der Waals surface area contributed by atoms with E-state index in [1.54, 1.807) is 12.1 Å². The van der Waals surface area contributed by atoms with E-state index in [0.717, 1.165) is 42.6 Å². The minimum absolute atomic E-state index is 0.206. The number of likely N-dealkylation sites (N-methyl/N-ethyl adjacent to an activating group) is 1. The molecular formula is C28H39N3O7S. The van der Waals surface area contributed by atoms with Crippen molar-refractivity contribution in [1.29, 1.82) is 0 Å². The second-order valence-electron chi connectivity index (χ2n) is 9.59. The first-order valence-corrected chi connectivity index (χ1v) is 14.0. The molecule has 0 radical (unpaired) electrons. The van der Waals surface area contributed by atoms with Gasteiger partial charge in [0, 0.05) is 38.7 Å². The van der Waals surface area contributed by atoms with Crippen molar-refractivity contribution >= 4 is 35.7 Å². The third-order valence-corrected chi connectivity index (χ3v) is 7.08. The van der Waals surface area contributed by atoms with Crippen LogP contribution in [-0.4, -0.2) is 64.6 Å². The van der Waals surface area contributed by atoms with Crippen LogP contribution in [-0.2, 0) is 25.5 Å². The number of carbonyl (C=O) groups excluding carboxylic acids is 3. The van der Waals surface area contributed by atoms with Crippen LogP contribution in [0.1, 0.15) is 70.6 Å². The van der Waals surface area contributed by atoms with E-state index >= 15 is 0 Å². The van der Waals surface area contributed by atoms with E-state index in [2.05, 4.69) is 28.8 Å². The van der Waals surface area contributed by atoms with Crippen LogP contribution in [0.2, 0.25) is 0 Å². The molecular weight excluding hydrogens is 522 g/mol. The van der Waals surface area contributed by atoms with Gasteiger partial charge in [-0.1, -0.05) is 50.5 Å². The Morgan fingerprint density at radius 3 is 2.67 bits per heavy atom. The molecule has 1 aliphatic heterocycles. The van der Waals surface area contributed by atoms with E-state index in [4.69, 9.17) is 24.1 Å². The van der Waals surface area contributed by atoms with E-state index in [0.29, 0.717) is 35.7 Å². The summed E-state index contributed by atoms with van der Waals surface area (Å²) in [6.45, 7) is 7.18. The van der Waals surface area contributed by atoms with Crippen LogP contribution in [0, 0.1) is 0 Å². The van der Waals surface area contributed by atoms with Crippen LogP contribution in [0.4, 0.5) is 0 Å². The first-order valence-electron chi connectivity index (χ1n) is 13.2. The predicted molar refractivity (Wildman–Crippen MR) is 146 cm³/mol. The van der Waals surface area contributed by atoms with Crippen molar-refractivity contribution in [2.45, 2.75) is 71.9 Å². The van der Waals surface area contributed by atoms with Crippen LogP contribution >= 0.6 is 11.7 Å². The van der Waals surface area contributed by atoms with Gasteiger partial charge in [-0.25, -0.2) is 0 Å². The van der Waals surface area contributed by atoms with E-state index in [1.807, 2.05) is 19.1 Å². The number of nitrogens with zero attached hydrogens (tertiary/aromatic N) is 3. The van der Waals surface area contributed by atoms with Crippen molar-refractivity contribution < 1.29 is 38.2 Å². The van der Waals surface area contributed by atoms with Gasteiger partial charge in [-0.15, -0.1) is 4.37 Å². The zero-order chi connectivity index (χ0) is 28.7. The molecule has 1 aromatic heterocycles. The number of hydrogen-bond donors (Lipinski definition) is 0. The molecule has 0 aliphatic carbocycles. The second-order valence-corrected chi connectivity index (χ2v) is 10.1. The highest BCUT2D eigenvalue weighted by molar-refractivity contribution is 6.99. The monoisotopic (exact) mass is 561 g/mol. The van der Waals surface area contributed by atoms with Crippen LogP contribution in [0.3, 0.4) is 0 Å². The Bertz CT molecular complexity index is 1100. The van der Waals surface area contributed by atoms with Gasteiger partial charge in [-0.05, 0) is 24.5 Å². The zero-order valence-corrected chi connectivity index (χ0v) is 24.0. The standard InChI is InChI=1S/C27H38N3O5S.CH2O2/c1-5-6-7-10-18-33-27-26(28-36-29-27)23-13-11-17-30(4,19-23)20(2)34-25(32)16-15-22-12-8-9-14-24(22)35-21(3)31;2-1-3/h8-9,12-14,20H,5-7,10-11,15-19H2,1-4H3;1H,(H,2,3)/q+1;/p-1. The highest BCUT2D eigenvalue weighted by Gasteiger charge is 2.36. The van der Waals surface area contributed by atoms with E-state index < -0.39 is 6.47 Å². The number of benzene rings is 1. The van der Waals surface area contributed by atoms with Gasteiger partial charge in [0.25, 0.3) is 5.88 Å². The molecule has 0 saturated heterocycles. The maximum atomic E-state index is 12.7. The molecule has 1 aliphatic rings. The number of ether oxygens (including phenoxy) is 3. The molecule has 2 aromatic rings. The lowest BCUT2D eigenvalue weighted by atomic mass is 10.0. The summed E-state index contributed by atoms with van der Waals surface area (Å²) in [5.74, 6) is 0.426. The van der Waals surface area contributed by atoms with E-state index in [1.165, 1.54) is 31.5 Å². The fraction of sp³-hybridized carbons (Fsp3) is 0.536. The Balaban J connectivity index is 0.00000170. The Morgan fingerprint density at radius 1 is 1.21 bits per heavy atom. The van der Waals surface area contributed by atoms with Crippen LogP contribution in [0.25, 0.3) is 5.57 Å². The number of unbranched alkanes of at least 4 members (excludes halogenated alkanes) is 3. The van der Waals surface area contributed by atoms with Crippen molar-refractivity contribution in [2.75, 3.05) is 26.7 Å². The average Bonchev–Trinajstić information content (AvgIpc) is 3.37. The Labute approximate surface area is 234 Å². The first-order chi connectivity index (χ1) is 18.7. The molecule has 0 saturated carbocycles. The van der Waals surface area contributed by atoms with E-state index in [-0.39, 0.29) is 24.6 Å². The molecule has 2 atom stereocenters. The Kier molecular flexibility index (Phi) is 13.6. The normalized spacial score (nSPS) is 17.2. The third kappa shape index (κ3) is 10.4. The molecule has 0 fully saturated rings. The SMILES string of the molecule is CCCCCCOc1nsnc1C1=CCC[N+](C)(C(C)OC(=O)CCc2ccccc2OC(C)=O)C1.O=C[O-]. The lowest BCUT2D eigenvalue weighted by Crippen LogP contribution is -2.55. The number of hydrogen-bond acceptors (Lipinski definition) is 10. The first kappa shape index (κ1) is 31.9. The number of quaternary nitrogens is 1. The van der Waals surface area contributed by atoms with Crippen LogP contribution in [0.15, 0.2) is 30.3 Å². The van der Waals surface area contributed by atoms with Crippen molar-refractivity contribution in [1.82, 2.24) is 8.75 Å². The minimum Gasteiger partial charge on any atom is -0.554 e. The highest BCUT2D eigenvalue weighted by Crippen LogP contribution is 2.32. The average molecular weight is 562 g/mol. The van der Waals surface area contributed by atoms with Gasteiger partial charge in [0.1, 0.15) is 18.0 Å². The van der Waals surface area contributed by atoms with Crippen molar-refractivity contribution in [2.24, 2.45) is 0 Å². The molecule has 214 valence electrons. The molecule has 0 amide bonds. The van der Waals surface area contributed by atoms with Crippen molar-refractivity contribution in [3.8, 4) is 11.6 Å². The number of esters is 2. The molecule has 10 nitrogen and oxygen atoms in total. The summed E-state index contributed by atoms with van der Waals surface area (Å²) in [6.07, 6.45) is 7.94. The maximum absolute atomic E-state index is 12.7. The number of para-hydroxylation sites is 1. The van der Waals surface area contributed by atoms with E-state index in [9.17, 15) is 9.59 Å². The molecule has 2 heterocycles. The van der Waals surface area contributed by atoms with Crippen molar-refractivity contribution in [3.05, 3.63) is 41.6 Å². The zero-order valence-electron chi connectivity index (χ0n) is 23.2. The van der Waals surface area contributed by atoms with Crippen LogP contribution < -0.4 is 14.6 Å². The topological polar surface area (TPSA) is 128 Å². The summed E-state index contributed by atoms with van der Waals surface area (Å²) in [5.41, 5.74) is 2.69. The summed E-state index contributed by atoms with van der Waals surface area (Å²) in [6, 6.07) is 7.25. The van der Waals surface area contributed by atoms with Gasteiger partial charge in [0.15, 0.2) is 0 Å². The number of aromatic nitrogens is 2. The maximum Gasteiger partial charge on any atom is 0.310 e. The Morgan fingerprint density at radius 2 is 1.95 bits per heavy atom. The summed E-state index contributed by atoms with van der Waals surface area (Å²) in [4.78, 5) is 32.3. The molecule has 0 spiro atoms. The lowest BCUT2D eigenvalue weighted by molar-refractivity contribution is -0.944. The molecule has 0 bridgehead atoms. The Hall–Kier alpha value is -3.31. The number of aryl methyl sites for hydroxylation is 1. The van der Waals surface area contributed by atoms with Crippen LogP contribution in [0.5, 0.6) is 11.6 Å². The van der Waals surface area contributed by atoms with Gasteiger partial charge in [0.2, 0.25) is 6.23 Å². The fourth-order valence-electron chi connectivity index (χ4n) is 4.30. The summed E-state index contributed by atoms with van der Waals surface area (Å²) in [7, 11) is 2.10. The molecule has 39 heavy (non-hydrogen) atoms. The third-order valence-electron chi connectivity index (χ3n) is 6.57. The summed E-state index contributed by atoms with van der Waals surface area (Å²) >= 11 is 1.17. The molecule has 0 N–H and O–H groups in total. The molecule has 11 heteroatoms. The summed E-state index contributed by atoms with van der Waals surface area (Å²) < 4.78 is 26.5. The number of rotatable bonds is 13. The van der Waals surface area contributed by atoms with Gasteiger partial charge in [0.05, 0.1) is 31.9 Å². The minimum atomic E-state index is -0.500. The van der Waals surface area contributed by atoms with Gasteiger partial charge in [-0.2, -0.15) is 4.37 Å². The molecule has 3 rings (SSSR count). The summed E-state index contributed by atoms with van der Waals surface area (Å²) in [5, 5.41) is 8.25. The van der Waals surface area contributed by atoms with Gasteiger partial charge in [-0.3, -0.25) is 14.1 Å². The number of carbonyl (C=O) groups is 3. The predicted octanol–water partition coefficient (Wildman–Crippen LogP) is 3.54. The quantitative estimate of drug-likeness (QED) is 0.119. The fourth-order valence-corrected chi connectivity index (χ4v) is 4.83. The smallest absolute Gasteiger partial charge is 0.310 e. The van der Waals surface area contributed by atoms with Gasteiger partial charge < -0.3 is 24.1 Å².